The Morgan fingerprint density at radius 2 is 1.49 bits per heavy atom. The first-order chi connectivity index (χ1) is 16.8. The lowest BCUT2D eigenvalue weighted by Gasteiger charge is -2.26. The quantitative estimate of drug-likeness (QED) is 0.154. The molecule has 0 unspecified atom stereocenters. The Morgan fingerprint density at radius 3 is 2.00 bits per heavy atom. The first-order valence-electron chi connectivity index (χ1n) is 10.6. The molecule has 0 atom stereocenters. The van der Waals surface area contributed by atoms with Crippen LogP contribution in [0.5, 0.6) is 5.75 Å². The van der Waals surface area contributed by atoms with E-state index in [1.807, 2.05) is 11.8 Å². The average Bonchev–Trinajstić information content (AvgIpc) is 2.82. The van der Waals surface area contributed by atoms with Crippen LogP contribution in [-0.2, 0) is 19.1 Å². The van der Waals surface area contributed by atoms with Gasteiger partial charge < -0.3 is 29.3 Å². The minimum Gasteiger partial charge on any atom is -0.492 e. The summed E-state index contributed by atoms with van der Waals surface area (Å²) in [6, 6.07) is 10.7. The maximum absolute atomic E-state index is 10.8. The van der Waals surface area contributed by atoms with Crippen LogP contribution < -0.4 is 9.64 Å². The lowest BCUT2D eigenvalue weighted by molar-refractivity contribution is -0.384. The molecule has 2 aromatic rings. The van der Waals surface area contributed by atoms with Gasteiger partial charge in [0, 0.05) is 31.3 Å². The number of anilines is 1. The van der Waals surface area contributed by atoms with E-state index in [2.05, 4.69) is 10.2 Å². The van der Waals surface area contributed by atoms with Crippen molar-refractivity contribution in [2.45, 2.75) is 6.92 Å². The van der Waals surface area contributed by atoms with Crippen LogP contribution in [0.2, 0.25) is 0 Å². The fourth-order valence-corrected chi connectivity index (χ4v) is 2.88. The van der Waals surface area contributed by atoms with Gasteiger partial charge in [0.25, 0.3) is 5.69 Å². The average molecular weight is 490 g/mol. The highest BCUT2D eigenvalue weighted by Gasteiger charge is 2.14. The van der Waals surface area contributed by atoms with Gasteiger partial charge >= 0.3 is 11.9 Å². The Labute approximate surface area is 200 Å². The molecule has 188 valence electrons. The Hall–Kier alpha value is -4.10. The minimum atomic E-state index is -1.08. The molecule has 2 rings (SSSR count). The molecule has 0 radical (unpaired) electrons. The third-order valence-electron chi connectivity index (χ3n) is 4.39. The molecule has 0 saturated heterocycles. The summed E-state index contributed by atoms with van der Waals surface area (Å²) >= 11 is 0. The van der Waals surface area contributed by atoms with Crippen LogP contribution in [-0.4, -0.2) is 73.2 Å². The van der Waals surface area contributed by atoms with E-state index in [0.29, 0.717) is 42.5 Å². The van der Waals surface area contributed by atoms with Crippen molar-refractivity contribution in [3.8, 4) is 5.75 Å². The predicted molar refractivity (Wildman–Crippen MR) is 124 cm³/mol. The largest absolute Gasteiger partial charge is 0.492 e. The van der Waals surface area contributed by atoms with Crippen molar-refractivity contribution in [3.05, 3.63) is 52.6 Å². The summed E-state index contributed by atoms with van der Waals surface area (Å²) in [5, 5.41) is 36.5. The van der Waals surface area contributed by atoms with Crippen LogP contribution in [0.3, 0.4) is 0 Å². The fourth-order valence-electron chi connectivity index (χ4n) is 2.88. The lowest BCUT2D eigenvalue weighted by atomic mass is 10.2. The van der Waals surface area contributed by atoms with Gasteiger partial charge in [0.05, 0.1) is 41.8 Å². The van der Waals surface area contributed by atoms with Crippen molar-refractivity contribution in [2.24, 2.45) is 10.2 Å². The molecular formula is C22H26N4O9. The summed E-state index contributed by atoms with van der Waals surface area (Å²) in [5.74, 6) is -1.69. The van der Waals surface area contributed by atoms with E-state index in [1.165, 1.54) is 24.3 Å². The molecule has 35 heavy (non-hydrogen) atoms. The molecule has 0 heterocycles. The molecule has 2 N–H and O–H groups in total. The van der Waals surface area contributed by atoms with E-state index in [4.69, 9.17) is 24.4 Å². The smallest absolute Gasteiger partial charge is 0.329 e. The lowest BCUT2D eigenvalue weighted by Crippen LogP contribution is -2.32. The summed E-state index contributed by atoms with van der Waals surface area (Å²) in [5.41, 5.74) is 1.51. The van der Waals surface area contributed by atoms with Gasteiger partial charge in [-0.3, -0.25) is 10.1 Å². The zero-order chi connectivity index (χ0) is 25.6. The standard InChI is InChI=1S/C22H26N4O9/c1-2-35-20-13-17(24-23-16-3-6-18(7-4-16)26(31)32)5-8-19(20)25(9-11-33-14-21(27)28)10-12-34-15-22(29)30/h3-8,13H,2,9-12,14-15H2,1H3,(H,27,28)(H,29,30)/b24-23+. The zero-order valence-corrected chi connectivity index (χ0v) is 19.0. The number of rotatable bonds is 16. The summed E-state index contributed by atoms with van der Waals surface area (Å²) in [4.78, 5) is 33.5. The molecule has 0 amide bonds. The Kier molecular flexibility index (Phi) is 11.0. The number of hydrogen-bond acceptors (Lipinski definition) is 10. The van der Waals surface area contributed by atoms with Crippen LogP contribution in [0.15, 0.2) is 52.7 Å². The SMILES string of the molecule is CCOc1cc(/N=N/c2ccc([N+](=O)[O-])cc2)ccc1N(CCOCC(=O)O)CCOCC(=O)O. The van der Waals surface area contributed by atoms with Gasteiger partial charge in [0.1, 0.15) is 19.0 Å². The topological polar surface area (TPSA) is 173 Å². The first kappa shape index (κ1) is 27.1. The molecule has 0 aromatic heterocycles. The number of carbonyl (C=O) groups is 2. The second-order valence-electron chi connectivity index (χ2n) is 6.94. The summed E-state index contributed by atoms with van der Waals surface area (Å²) in [6.07, 6.45) is 0. The first-order valence-corrected chi connectivity index (χ1v) is 10.6. The van der Waals surface area contributed by atoms with Crippen molar-refractivity contribution >= 4 is 34.7 Å². The molecular weight excluding hydrogens is 464 g/mol. The maximum atomic E-state index is 10.8. The van der Waals surface area contributed by atoms with Crippen LogP contribution >= 0.6 is 0 Å². The molecule has 13 nitrogen and oxygen atoms in total. The Morgan fingerprint density at radius 1 is 0.943 bits per heavy atom. The monoisotopic (exact) mass is 490 g/mol. The number of azo groups is 1. The minimum absolute atomic E-state index is 0.0494. The van der Waals surface area contributed by atoms with E-state index >= 15 is 0 Å². The predicted octanol–water partition coefficient (Wildman–Crippen LogP) is 3.42. The van der Waals surface area contributed by atoms with Gasteiger partial charge in [-0.1, -0.05) is 0 Å². The van der Waals surface area contributed by atoms with Gasteiger partial charge in [0.15, 0.2) is 0 Å². The second-order valence-corrected chi connectivity index (χ2v) is 6.94. The third-order valence-corrected chi connectivity index (χ3v) is 4.39. The highest BCUT2D eigenvalue weighted by molar-refractivity contribution is 5.68. The number of non-ortho nitro benzene ring substituents is 1. The second kappa shape index (κ2) is 14.2. The van der Waals surface area contributed by atoms with E-state index in [9.17, 15) is 19.7 Å². The third kappa shape index (κ3) is 9.73. The number of nitro groups is 1. The molecule has 0 aliphatic rings. The Balaban J connectivity index is 2.19. The van der Waals surface area contributed by atoms with Crippen molar-refractivity contribution in [1.29, 1.82) is 0 Å². The number of nitrogens with zero attached hydrogens (tertiary/aromatic N) is 4. The number of nitro benzene ring substituents is 1. The fraction of sp³-hybridized carbons (Fsp3) is 0.364. The van der Waals surface area contributed by atoms with Gasteiger partial charge in [0.2, 0.25) is 0 Å². The molecule has 0 aliphatic heterocycles. The van der Waals surface area contributed by atoms with E-state index in [-0.39, 0.29) is 18.9 Å². The van der Waals surface area contributed by atoms with E-state index in [0.717, 1.165) is 0 Å². The van der Waals surface area contributed by atoms with Crippen LogP contribution in [0.1, 0.15) is 6.92 Å². The molecule has 2 aromatic carbocycles. The summed E-state index contributed by atoms with van der Waals surface area (Å²) in [7, 11) is 0. The highest BCUT2D eigenvalue weighted by atomic mass is 16.6. The van der Waals surface area contributed by atoms with Crippen molar-refractivity contribution in [3.63, 3.8) is 0 Å². The summed E-state index contributed by atoms with van der Waals surface area (Å²) < 4.78 is 16.0. The zero-order valence-electron chi connectivity index (χ0n) is 19.0. The van der Waals surface area contributed by atoms with Gasteiger partial charge in [-0.2, -0.15) is 10.2 Å². The number of ether oxygens (including phenoxy) is 3. The van der Waals surface area contributed by atoms with E-state index < -0.39 is 30.1 Å². The highest BCUT2D eigenvalue weighted by Crippen LogP contribution is 2.33. The molecule has 0 fully saturated rings. The Bertz CT molecular complexity index is 1010. The molecule has 0 saturated carbocycles. The number of hydrogen-bond donors (Lipinski definition) is 2. The van der Waals surface area contributed by atoms with E-state index in [1.54, 1.807) is 18.2 Å². The van der Waals surface area contributed by atoms with Crippen LogP contribution in [0, 0.1) is 10.1 Å². The van der Waals surface area contributed by atoms with Gasteiger partial charge in [-0.15, -0.1) is 0 Å². The van der Waals surface area contributed by atoms with Crippen molar-refractivity contribution in [1.82, 2.24) is 0 Å². The van der Waals surface area contributed by atoms with Gasteiger partial charge in [-0.25, -0.2) is 9.59 Å². The molecule has 0 spiro atoms. The maximum Gasteiger partial charge on any atom is 0.329 e. The van der Waals surface area contributed by atoms with Crippen molar-refractivity contribution < 1.29 is 38.9 Å². The number of carboxylic acid groups (broad SMARTS) is 2. The van der Waals surface area contributed by atoms with Crippen LogP contribution in [0.4, 0.5) is 22.7 Å². The van der Waals surface area contributed by atoms with Crippen LogP contribution in [0.25, 0.3) is 0 Å². The van der Waals surface area contributed by atoms with Gasteiger partial charge in [-0.05, 0) is 31.2 Å². The normalized spacial score (nSPS) is 10.9. The number of aliphatic carboxylic acids is 2. The van der Waals surface area contributed by atoms with Crippen molar-refractivity contribution in [2.75, 3.05) is 51.0 Å². The number of benzene rings is 2. The molecule has 0 bridgehead atoms. The molecule has 0 aliphatic carbocycles. The summed E-state index contributed by atoms with van der Waals surface area (Å²) in [6.45, 7) is 2.10. The molecule has 13 heteroatoms. The number of carboxylic acids is 2.